The Kier molecular flexibility index (Phi) is 4.86. The summed E-state index contributed by atoms with van der Waals surface area (Å²) in [5.74, 6) is -4.32. The van der Waals surface area contributed by atoms with Crippen LogP contribution in [0.1, 0.15) is 5.56 Å². The molecule has 1 heterocycles. The van der Waals surface area contributed by atoms with E-state index in [1.165, 1.54) is 24.3 Å². The molecule has 2 N–H and O–H groups in total. The van der Waals surface area contributed by atoms with Crippen LogP contribution in [0.4, 0.5) is 5.69 Å². The van der Waals surface area contributed by atoms with E-state index in [2.05, 4.69) is 20.7 Å². The van der Waals surface area contributed by atoms with Gasteiger partial charge in [0.25, 0.3) is 11.5 Å². The highest BCUT2D eigenvalue weighted by Crippen LogP contribution is 2.39. The van der Waals surface area contributed by atoms with E-state index >= 15 is 0 Å². The van der Waals surface area contributed by atoms with E-state index in [1.54, 1.807) is 30.3 Å². The topological polar surface area (TPSA) is 104 Å². The lowest BCUT2D eigenvalue weighted by molar-refractivity contribution is -0.158. The van der Waals surface area contributed by atoms with Crippen LogP contribution in [0, 0.1) is 0 Å². The zero-order chi connectivity index (χ0) is 19.8. The molecule has 1 amide bonds. The third-order valence-corrected chi connectivity index (χ3v) is 4.66. The van der Waals surface area contributed by atoms with E-state index in [9.17, 15) is 24.6 Å². The third kappa shape index (κ3) is 2.92. The molecule has 2 aromatic carbocycles. The van der Waals surface area contributed by atoms with Crippen molar-refractivity contribution in [2.75, 3.05) is 12.0 Å². The molecular formula is C19H14BrNO6. The minimum atomic E-state index is -2.80. The second kappa shape index (κ2) is 6.98. The predicted molar refractivity (Wildman–Crippen MR) is 99.6 cm³/mol. The van der Waals surface area contributed by atoms with E-state index in [0.717, 1.165) is 7.11 Å². The Hall–Kier alpha value is -2.97. The molecule has 8 heteroatoms. The summed E-state index contributed by atoms with van der Waals surface area (Å²) in [6.45, 7) is 0. The van der Waals surface area contributed by atoms with Gasteiger partial charge < -0.3 is 14.9 Å². The highest BCUT2D eigenvalue weighted by atomic mass is 79.9. The highest BCUT2D eigenvalue weighted by molar-refractivity contribution is 9.10. The number of Topliss-reactive ketones (excluding diaryl/α,β-unsaturated/α-hetero) is 1. The Balaban J connectivity index is 2.28. The van der Waals surface area contributed by atoms with E-state index in [-0.39, 0.29) is 11.3 Å². The summed E-state index contributed by atoms with van der Waals surface area (Å²) in [7, 11) is 1.01. The van der Waals surface area contributed by atoms with Gasteiger partial charge in [0, 0.05) is 15.7 Å². The number of hydrogen-bond donors (Lipinski definition) is 2. The zero-order valence-corrected chi connectivity index (χ0v) is 15.6. The lowest BCUT2D eigenvalue weighted by Crippen LogP contribution is -2.54. The zero-order valence-electron chi connectivity index (χ0n) is 14.0. The van der Waals surface area contributed by atoms with Crippen LogP contribution in [0.3, 0.4) is 0 Å². The van der Waals surface area contributed by atoms with Crippen molar-refractivity contribution in [3.8, 4) is 0 Å². The number of ether oxygens (including phenoxy) is 1. The first kappa shape index (κ1) is 18.8. The van der Waals surface area contributed by atoms with Gasteiger partial charge in [-0.15, -0.1) is 0 Å². The lowest BCUT2D eigenvalue weighted by atomic mass is 9.97. The third-order valence-electron chi connectivity index (χ3n) is 4.14. The molecule has 0 bridgehead atoms. The van der Waals surface area contributed by atoms with Gasteiger partial charge in [0.1, 0.15) is 11.3 Å². The molecule has 1 aliphatic heterocycles. The number of carbonyl (C=O) groups is 3. The maximum absolute atomic E-state index is 12.6. The average molecular weight is 432 g/mol. The number of methoxy groups -OCH3 is 1. The number of para-hydroxylation sites is 1. The maximum atomic E-state index is 12.6. The monoisotopic (exact) mass is 431 g/mol. The molecule has 0 aromatic heterocycles. The van der Waals surface area contributed by atoms with Gasteiger partial charge in [0.2, 0.25) is 0 Å². The number of halogens is 1. The number of hydrogen-bond acceptors (Lipinski definition) is 6. The highest BCUT2D eigenvalue weighted by Gasteiger charge is 2.62. The van der Waals surface area contributed by atoms with Gasteiger partial charge in [-0.25, -0.2) is 4.79 Å². The van der Waals surface area contributed by atoms with Crippen LogP contribution in [-0.2, 0) is 19.1 Å². The summed E-state index contributed by atoms with van der Waals surface area (Å²) in [5, 5.41) is 21.8. The number of benzene rings is 2. The Morgan fingerprint density at radius 3 is 2.22 bits per heavy atom. The summed E-state index contributed by atoms with van der Waals surface area (Å²) in [6, 6.07) is 13.8. The van der Waals surface area contributed by atoms with Crippen LogP contribution >= 0.6 is 15.9 Å². The number of nitrogens with zero attached hydrogens (tertiary/aromatic N) is 1. The van der Waals surface area contributed by atoms with Crippen molar-refractivity contribution in [1.29, 1.82) is 0 Å². The van der Waals surface area contributed by atoms with Crippen molar-refractivity contribution in [3.63, 3.8) is 0 Å². The number of aliphatic hydroxyl groups excluding tert-OH is 1. The van der Waals surface area contributed by atoms with Crippen LogP contribution in [-0.4, -0.2) is 40.7 Å². The maximum Gasteiger partial charge on any atom is 0.365 e. The number of rotatable bonds is 3. The number of carbonyl (C=O) groups excluding carboxylic acids is 3. The molecule has 1 saturated heterocycles. The first-order chi connectivity index (χ1) is 12.8. The fourth-order valence-corrected chi connectivity index (χ4v) is 3.13. The quantitative estimate of drug-likeness (QED) is 0.334. The molecule has 1 aliphatic rings. The van der Waals surface area contributed by atoms with Crippen LogP contribution in [0.5, 0.6) is 0 Å². The van der Waals surface area contributed by atoms with Crippen molar-refractivity contribution >= 4 is 45.0 Å². The van der Waals surface area contributed by atoms with Gasteiger partial charge in [0.05, 0.1) is 7.11 Å². The molecule has 1 atom stereocenters. The van der Waals surface area contributed by atoms with Crippen molar-refractivity contribution in [2.24, 2.45) is 0 Å². The van der Waals surface area contributed by atoms with E-state index in [4.69, 9.17) is 0 Å². The summed E-state index contributed by atoms with van der Waals surface area (Å²) >= 11 is 3.25. The van der Waals surface area contributed by atoms with E-state index in [0.29, 0.717) is 9.37 Å². The Bertz CT molecular complexity index is 954. The van der Waals surface area contributed by atoms with Crippen molar-refractivity contribution in [1.82, 2.24) is 0 Å². The fourth-order valence-electron chi connectivity index (χ4n) is 2.87. The SMILES string of the molecule is COC(=O)C1(O)C(=C(O)c2ccc(Br)cc2)C(=O)C(=O)N1c1ccccc1. The standard InChI is InChI=1S/C19H14BrNO6/c1-27-18(25)19(26)14(15(22)11-7-9-12(20)10-8-11)16(23)17(24)21(19)13-5-3-2-4-6-13/h2-10,22,26H,1H3. The lowest BCUT2D eigenvalue weighted by Gasteiger charge is -2.30. The molecule has 7 nitrogen and oxygen atoms in total. The second-order valence-corrected chi connectivity index (χ2v) is 6.62. The first-order valence-corrected chi connectivity index (χ1v) is 8.56. The minimum Gasteiger partial charge on any atom is -0.507 e. The number of aliphatic hydroxyl groups is 2. The second-order valence-electron chi connectivity index (χ2n) is 5.70. The Labute approximate surface area is 162 Å². The molecule has 0 saturated carbocycles. The number of ketones is 1. The van der Waals surface area contributed by atoms with Crippen molar-refractivity contribution in [3.05, 3.63) is 70.2 Å². The summed E-state index contributed by atoms with van der Waals surface area (Å²) in [4.78, 5) is 38.3. The molecule has 0 aliphatic carbocycles. The van der Waals surface area contributed by atoms with Gasteiger partial charge in [-0.1, -0.05) is 46.3 Å². The molecule has 2 aromatic rings. The Morgan fingerprint density at radius 1 is 1.07 bits per heavy atom. The van der Waals surface area contributed by atoms with Gasteiger partial charge in [0.15, 0.2) is 0 Å². The van der Waals surface area contributed by atoms with Crippen molar-refractivity contribution < 1.29 is 29.3 Å². The average Bonchev–Trinajstić information content (AvgIpc) is 2.88. The normalized spacial score (nSPS) is 21.4. The molecular weight excluding hydrogens is 418 g/mol. The van der Waals surface area contributed by atoms with Crippen LogP contribution in [0.2, 0.25) is 0 Å². The number of esters is 1. The molecule has 1 fully saturated rings. The smallest absolute Gasteiger partial charge is 0.365 e. The van der Waals surface area contributed by atoms with Gasteiger partial charge in [-0.05, 0) is 24.3 Å². The molecule has 0 spiro atoms. The first-order valence-electron chi connectivity index (χ1n) is 7.76. The molecule has 3 rings (SSSR count). The molecule has 27 heavy (non-hydrogen) atoms. The van der Waals surface area contributed by atoms with E-state index < -0.39 is 34.7 Å². The summed E-state index contributed by atoms with van der Waals surface area (Å²) in [6.07, 6.45) is 0. The predicted octanol–water partition coefficient (Wildman–Crippen LogP) is 2.20. The van der Waals surface area contributed by atoms with Crippen LogP contribution in [0.15, 0.2) is 64.6 Å². The molecule has 1 unspecified atom stereocenters. The number of anilines is 1. The largest absolute Gasteiger partial charge is 0.507 e. The van der Waals surface area contributed by atoms with Crippen LogP contribution < -0.4 is 4.90 Å². The van der Waals surface area contributed by atoms with Gasteiger partial charge in [-0.2, -0.15) is 0 Å². The Morgan fingerprint density at radius 2 is 1.67 bits per heavy atom. The van der Waals surface area contributed by atoms with E-state index in [1.807, 2.05) is 0 Å². The van der Waals surface area contributed by atoms with Crippen LogP contribution in [0.25, 0.3) is 5.76 Å². The molecule has 0 radical (unpaired) electrons. The van der Waals surface area contributed by atoms with Crippen molar-refractivity contribution in [2.45, 2.75) is 5.72 Å². The van der Waals surface area contributed by atoms with Gasteiger partial charge in [-0.3, -0.25) is 14.5 Å². The molecule has 138 valence electrons. The fraction of sp³-hybridized carbons (Fsp3) is 0.105. The summed E-state index contributed by atoms with van der Waals surface area (Å²) < 4.78 is 5.35. The number of amides is 1. The van der Waals surface area contributed by atoms with Gasteiger partial charge >= 0.3 is 11.9 Å². The minimum absolute atomic E-state index is 0.0994. The summed E-state index contributed by atoms with van der Waals surface area (Å²) in [5.41, 5.74) is -3.32.